The number of aliphatic hydroxyl groups is 1. The first-order valence-corrected chi connectivity index (χ1v) is 12.7. The van der Waals surface area contributed by atoms with Crippen molar-refractivity contribution in [2.75, 3.05) is 13.2 Å². The molecule has 196 valence electrons. The van der Waals surface area contributed by atoms with Crippen molar-refractivity contribution in [3.63, 3.8) is 0 Å². The highest BCUT2D eigenvalue weighted by Crippen LogP contribution is 2.30. The predicted molar refractivity (Wildman–Crippen MR) is 146 cm³/mol. The van der Waals surface area contributed by atoms with E-state index in [2.05, 4.69) is 10.5 Å². The van der Waals surface area contributed by atoms with Crippen molar-refractivity contribution in [1.82, 2.24) is 5.43 Å². The number of ether oxygens (including phenoxy) is 3. The molecule has 0 bridgehead atoms. The van der Waals surface area contributed by atoms with Crippen LogP contribution in [0.4, 0.5) is 0 Å². The summed E-state index contributed by atoms with van der Waals surface area (Å²) in [6.07, 6.45) is 1.15. The van der Waals surface area contributed by atoms with Gasteiger partial charge in [-0.1, -0.05) is 41.4 Å². The summed E-state index contributed by atoms with van der Waals surface area (Å²) in [5, 5.41) is 15.4. The van der Waals surface area contributed by atoms with Gasteiger partial charge in [-0.15, -0.1) is 0 Å². The Morgan fingerprint density at radius 3 is 2.43 bits per heavy atom. The van der Waals surface area contributed by atoms with E-state index in [1.54, 1.807) is 54.6 Å². The topological polar surface area (TPSA) is 89.4 Å². The Morgan fingerprint density at radius 2 is 1.73 bits per heavy atom. The summed E-state index contributed by atoms with van der Waals surface area (Å²) < 4.78 is 17.0. The van der Waals surface area contributed by atoms with Crippen molar-refractivity contribution in [2.45, 2.75) is 39.4 Å². The maximum atomic E-state index is 12.2. The van der Waals surface area contributed by atoms with E-state index in [1.807, 2.05) is 19.9 Å². The summed E-state index contributed by atoms with van der Waals surface area (Å²) in [6, 6.07) is 17.7. The van der Waals surface area contributed by atoms with Crippen LogP contribution in [0.5, 0.6) is 17.2 Å². The molecule has 2 N–H and O–H groups in total. The van der Waals surface area contributed by atoms with Gasteiger partial charge in [-0.2, -0.15) is 5.10 Å². The van der Waals surface area contributed by atoms with Crippen LogP contribution in [0.3, 0.4) is 0 Å². The fourth-order valence-corrected chi connectivity index (χ4v) is 3.87. The Kier molecular flexibility index (Phi) is 11.1. The van der Waals surface area contributed by atoms with E-state index in [9.17, 15) is 9.90 Å². The molecule has 1 amide bonds. The van der Waals surface area contributed by atoms with Gasteiger partial charge in [-0.05, 0) is 73.9 Å². The van der Waals surface area contributed by atoms with E-state index in [4.69, 9.17) is 37.4 Å². The third-order valence-electron chi connectivity index (χ3n) is 5.29. The van der Waals surface area contributed by atoms with Crippen LogP contribution in [0.2, 0.25) is 10.0 Å². The lowest BCUT2D eigenvalue weighted by molar-refractivity contribution is -0.121. The Hall–Kier alpha value is -3.26. The molecular formula is C28H30Cl2N2O5. The van der Waals surface area contributed by atoms with Crippen LogP contribution >= 0.6 is 23.2 Å². The van der Waals surface area contributed by atoms with Crippen molar-refractivity contribution in [3.8, 4) is 17.2 Å². The third-order valence-corrected chi connectivity index (χ3v) is 5.88. The molecule has 0 heterocycles. The average Bonchev–Trinajstić information content (AvgIpc) is 2.88. The van der Waals surface area contributed by atoms with E-state index < -0.39 is 6.10 Å². The molecule has 0 fully saturated rings. The standard InChI is InChI=1S/C28H30Cl2N2O5/c1-3-35-23-10-7-20(8-11-23)25(33)12-14-28(34)32-31-17-19-5-13-26(27(15-19)36-4-2)37-18-21-6-9-22(29)16-24(21)30/h5-11,13,15-17,25,33H,3-4,12,14,18H2,1-2H3,(H,32,34)/b31-17-/t25-/m0/s1. The minimum atomic E-state index is -0.755. The summed E-state index contributed by atoms with van der Waals surface area (Å²) >= 11 is 12.2. The lowest BCUT2D eigenvalue weighted by Gasteiger charge is -2.13. The molecule has 9 heteroatoms. The molecule has 0 saturated heterocycles. The lowest BCUT2D eigenvalue weighted by atomic mass is 10.0. The smallest absolute Gasteiger partial charge is 0.240 e. The summed E-state index contributed by atoms with van der Waals surface area (Å²) in [4.78, 5) is 12.2. The highest BCUT2D eigenvalue weighted by atomic mass is 35.5. The summed E-state index contributed by atoms with van der Waals surface area (Å²) in [7, 11) is 0. The van der Waals surface area contributed by atoms with Gasteiger partial charge in [0.15, 0.2) is 11.5 Å². The molecule has 3 aromatic carbocycles. The van der Waals surface area contributed by atoms with E-state index in [-0.39, 0.29) is 25.4 Å². The van der Waals surface area contributed by atoms with Gasteiger partial charge in [0.05, 0.1) is 25.5 Å². The van der Waals surface area contributed by atoms with Gasteiger partial charge in [0.25, 0.3) is 0 Å². The number of hydrogen-bond acceptors (Lipinski definition) is 6. The van der Waals surface area contributed by atoms with Crippen molar-refractivity contribution in [3.05, 3.63) is 87.4 Å². The minimum absolute atomic E-state index is 0.121. The van der Waals surface area contributed by atoms with Gasteiger partial charge >= 0.3 is 0 Å². The summed E-state index contributed by atoms with van der Waals surface area (Å²) in [5.74, 6) is 1.54. The third kappa shape index (κ3) is 8.97. The van der Waals surface area contributed by atoms with Crippen LogP contribution in [0.15, 0.2) is 65.8 Å². The summed E-state index contributed by atoms with van der Waals surface area (Å²) in [5.41, 5.74) is 4.73. The quantitative estimate of drug-likeness (QED) is 0.194. The highest BCUT2D eigenvalue weighted by Gasteiger charge is 2.11. The fraction of sp³-hybridized carbons (Fsp3) is 0.286. The van der Waals surface area contributed by atoms with E-state index >= 15 is 0 Å². The molecule has 0 radical (unpaired) electrons. The Balaban J connectivity index is 1.51. The van der Waals surface area contributed by atoms with Crippen molar-refractivity contribution in [2.24, 2.45) is 5.10 Å². The maximum absolute atomic E-state index is 12.2. The zero-order chi connectivity index (χ0) is 26.6. The number of aliphatic hydroxyl groups excluding tert-OH is 1. The predicted octanol–water partition coefficient (Wildman–Crippen LogP) is 6.33. The fourth-order valence-electron chi connectivity index (χ4n) is 3.41. The van der Waals surface area contributed by atoms with E-state index in [0.29, 0.717) is 34.8 Å². The van der Waals surface area contributed by atoms with Gasteiger partial charge in [-0.3, -0.25) is 4.79 Å². The molecule has 37 heavy (non-hydrogen) atoms. The second-order valence-corrected chi connectivity index (χ2v) is 8.86. The Bertz CT molecular complexity index is 1200. The van der Waals surface area contributed by atoms with Gasteiger partial charge in [0.2, 0.25) is 5.91 Å². The van der Waals surface area contributed by atoms with Crippen LogP contribution in [0.25, 0.3) is 0 Å². The zero-order valence-electron chi connectivity index (χ0n) is 20.7. The number of benzene rings is 3. The maximum Gasteiger partial charge on any atom is 0.240 e. The molecular weight excluding hydrogens is 515 g/mol. The molecule has 3 aromatic rings. The Morgan fingerprint density at radius 1 is 0.973 bits per heavy atom. The number of nitrogens with one attached hydrogen (secondary N) is 1. The molecule has 0 aliphatic carbocycles. The van der Waals surface area contributed by atoms with Crippen LogP contribution < -0.4 is 19.6 Å². The molecule has 3 rings (SSSR count). The Labute approximate surface area is 227 Å². The average molecular weight is 545 g/mol. The monoisotopic (exact) mass is 544 g/mol. The molecule has 7 nitrogen and oxygen atoms in total. The second-order valence-electron chi connectivity index (χ2n) is 8.01. The highest BCUT2D eigenvalue weighted by molar-refractivity contribution is 6.35. The van der Waals surface area contributed by atoms with E-state index in [1.165, 1.54) is 6.21 Å². The first-order valence-electron chi connectivity index (χ1n) is 12.0. The second kappa shape index (κ2) is 14.5. The first-order chi connectivity index (χ1) is 17.9. The van der Waals surface area contributed by atoms with Crippen LogP contribution in [-0.2, 0) is 11.4 Å². The minimum Gasteiger partial charge on any atom is -0.494 e. The normalized spacial score (nSPS) is 11.8. The molecule has 0 spiro atoms. The number of carbonyl (C=O) groups is 1. The molecule has 0 unspecified atom stereocenters. The van der Waals surface area contributed by atoms with E-state index in [0.717, 1.165) is 22.4 Å². The zero-order valence-corrected chi connectivity index (χ0v) is 22.3. The molecule has 0 saturated carbocycles. The number of rotatable bonds is 13. The number of hydrazone groups is 1. The number of hydrogen-bond donors (Lipinski definition) is 2. The molecule has 0 aliphatic heterocycles. The van der Waals surface area contributed by atoms with Crippen molar-refractivity contribution < 1.29 is 24.1 Å². The largest absolute Gasteiger partial charge is 0.494 e. The van der Waals surface area contributed by atoms with Gasteiger partial charge in [0.1, 0.15) is 12.4 Å². The number of halogens is 2. The van der Waals surface area contributed by atoms with Crippen molar-refractivity contribution >= 4 is 35.3 Å². The SMILES string of the molecule is CCOc1ccc([C@@H](O)CCC(=O)N/N=C\c2ccc(OCc3ccc(Cl)cc3Cl)c(OCC)c2)cc1. The van der Waals surface area contributed by atoms with Crippen LogP contribution in [0.1, 0.15) is 49.5 Å². The number of amides is 1. The van der Waals surface area contributed by atoms with Gasteiger partial charge in [-0.25, -0.2) is 5.43 Å². The van der Waals surface area contributed by atoms with Gasteiger partial charge in [0, 0.05) is 22.0 Å². The molecule has 0 aromatic heterocycles. The number of nitrogens with zero attached hydrogens (tertiary/aromatic N) is 1. The molecule has 0 aliphatic rings. The first kappa shape index (κ1) is 28.3. The number of carbonyl (C=O) groups excluding carboxylic acids is 1. The summed E-state index contributed by atoms with van der Waals surface area (Å²) in [6.45, 7) is 5.07. The molecule has 1 atom stereocenters. The van der Waals surface area contributed by atoms with Crippen LogP contribution in [-0.4, -0.2) is 30.4 Å². The van der Waals surface area contributed by atoms with Crippen LogP contribution in [0, 0.1) is 0 Å². The van der Waals surface area contributed by atoms with Gasteiger partial charge < -0.3 is 19.3 Å². The van der Waals surface area contributed by atoms with Crippen molar-refractivity contribution in [1.29, 1.82) is 0 Å². The lowest BCUT2D eigenvalue weighted by Crippen LogP contribution is -2.18.